The summed E-state index contributed by atoms with van der Waals surface area (Å²) in [6, 6.07) is 11.5. The maximum absolute atomic E-state index is 13.9. The SMILES string of the molecule is OC1(c2ccc(F)c3ccccc23)CC2CCC(C1)N2. The van der Waals surface area contributed by atoms with Crippen molar-refractivity contribution in [1.82, 2.24) is 5.32 Å². The van der Waals surface area contributed by atoms with Gasteiger partial charge in [0.25, 0.3) is 0 Å². The molecule has 0 aliphatic carbocycles. The van der Waals surface area contributed by atoms with Crippen LogP contribution in [0.25, 0.3) is 10.8 Å². The lowest BCUT2D eigenvalue weighted by molar-refractivity contribution is -0.0101. The number of aliphatic hydroxyl groups is 1. The number of benzene rings is 2. The van der Waals surface area contributed by atoms with E-state index in [0.29, 0.717) is 17.5 Å². The second kappa shape index (κ2) is 4.27. The van der Waals surface area contributed by atoms with Crippen LogP contribution in [0.4, 0.5) is 4.39 Å². The molecule has 4 rings (SSSR count). The second-order valence-corrected chi connectivity index (χ2v) is 6.22. The van der Waals surface area contributed by atoms with Crippen molar-refractivity contribution < 1.29 is 9.50 Å². The number of hydrogen-bond donors (Lipinski definition) is 2. The summed E-state index contributed by atoms with van der Waals surface area (Å²) in [4.78, 5) is 0. The van der Waals surface area contributed by atoms with Gasteiger partial charge in [0.1, 0.15) is 5.82 Å². The summed E-state index contributed by atoms with van der Waals surface area (Å²) in [6.07, 6.45) is 3.70. The number of nitrogens with one attached hydrogen (secondary N) is 1. The summed E-state index contributed by atoms with van der Waals surface area (Å²) in [7, 11) is 0. The molecule has 0 spiro atoms. The van der Waals surface area contributed by atoms with Crippen molar-refractivity contribution in [2.45, 2.75) is 43.4 Å². The average molecular weight is 271 g/mol. The molecule has 20 heavy (non-hydrogen) atoms. The Kier molecular flexibility index (Phi) is 2.63. The number of halogens is 1. The molecule has 2 aromatic rings. The first-order valence-corrected chi connectivity index (χ1v) is 7.32. The van der Waals surface area contributed by atoms with Crippen LogP contribution in [0.5, 0.6) is 0 Å². The van der Waals surface area contributed by atoms with E-state index in [1.807, 2.05) is 18.2 Å². The zero-order chi connectivity index (χ0) is 13.7. The summed E-state index contributed by atoms with van der Waals surface area (Å²) < 4.78 is 13.9. The molecule has 2 fully saturated rings. The summed E-state index contributed by atoms with van der Waals surface area (Å²) in [5.41, 5.74) is 0.0533. The predicted octanol–water partition coefficient (Wildman–Crippen LogP) is 3.08. The fourth-order valence-corrected chi connectivity index (χ4v) is 4.01. The highest BCUT2D eigenvalue weighted by Crippen LogP contribution is 2.43. The molecular weight excluding hydrogens is 253 g/mol. The lowest BCUT2D eigenvalue weighted by Crippen LogP contribution is -2.46. The Bertz CT molecular complexity index is 657. The van der Waals surface area contributed by atoms with E-state index in [0.717, 1.165) is 36.6 Å². The number of hydrogen-bond acceptors (Lipinski definition) is 2. The minimum atomic E-state index is -0.829. The quantitative estimate of drug-likeness (QED) is 0.835. The second-order valence-electron chi connectivity index (χ2n) is 6.22. The monoisotopic (exact) mass is 271 g/mol. The molecule has 2 aliphatic rings. The largest absolute Gasteiger partial charge is 0.385 e. The van der Waals surface area contributed by atoms with Gasteiger partial charge in [-0.1, -0.05) is 30.3 Å². The van der Waals surface area contributed by atoms with E-state index in [1.165, 1.54) is 6.07 Å². The highest BCUT2D eigenvalue weighted by molar-refractivity contribution is 5.87. The molecule has 0 aromatic heterocycles. The minimum absolute atomic E-state index is 0.218. The van der Waals surface area contributed by atoms with Gasteiger partial charge < -0.3 is 10.4 Å². The maximum atomic E-state index is 13.9. The van der Waals surface area contributed by atoms with Crippen LogP contribution < -0.4 is 5.32 Å². The van der Waals surface area contributed by atoms with Gasteiger partial charge in [-0.05, 0) is 42.7 Å². The Balaban J connectivity index is 1.88. The number of piperidine rings is 1. The standard InChI is InChI=1S/C17H18FNO/c18-16-8-7-15(13-3-1-2-4-14(13)16)17(20)9-11-5-6-12(10-17)19-11/h1-4,7-8,11-12,19-20H,5-6,9-10H2. The number of fused-ring (bicyclic) bond motifs is 3. The Morgan fingerprint density at radius 2 is 1.65 bits per heavy atom. The molecular formula is C17H18FNO. The number of rotatable bonds is 1. The fourth-order valence-electron chi connectivity index (χ4n) is 4.01. The molecule has 2 bridgehead atoms. The van der Waals surface area contributed by atoms with Gasteiger partial charge in [-0.2, -0.15) is 0 Å². The lowest BCUT2D eigenvalue weighted by Gasteiger charge is -2.38. The Morgan fingerprint density at radius 3 is 2.35 bits per heavy atom. The van der Waals surface area contributed by atoms with Crippen LogP contribution in [0.3, 0.4) is 0 Å². The summed E-state index contributed by atoms with van der Waals surface area (Å²) in [6.45, 7) is 0. The first-order chi connectivity index (χ1) is 9.66. The Labute approximate surface area is 117 Å². The first kappa shape index (κ1) is 12.3. The zero-order valence-electron chi connectivity index (χ0n) is 11.3. The molecule has 2 N–H and O–H groups in total. The van der Waals surface area contributed by atoms with Gasteiger partial charge in [-0.25, -0.2) is 4.39 Å². The van der Waals surface area contributed by atoms with Crippen LogP contribution >= 0.6 is 0 Å². The van der Waals surface area contributed by atoms with E-state index in [-0.39, 0.29) is 5.82 Å². The Hall–Kier alpha value is -1.45. The smallest absolute Gasteiger partial charge is 0.131 e. The molecule has 0 saturated carbocycles. The van der Waals surface area contributed by atoms with Crippen molar-refractivity contribution in [2.24, 2.45) is 0 Å². The van der Waals surface area contributed by atoms with Crippen molar-refractivity contribution in [3.8, 4) is 0 Å². The van der Waals surface area contributed by atoms with Gasteiger partial charge in [-0.15, -0.1) is 0 Å². The molecule has 2 nitrogen and oxygen atoms in total. The first-order valence-electron chi connectivity index (χ1n) is 7.32. The Morgan fingerprint density at radius 1 is 1.00 bits per heavy atom. The van der Waals surface area contributed by atoms with Crippen molar-refractivity contribution in [2.75, 3.05) is 0 Å². The third-order valence-electron chi connectivity index (χ3n) is 4.88. The summed E-state index contributed by atoms with van der Waals surface area (Å²) in [5.74, 6) is -0.218. The molecule has 0 radical (unpaired) electrons. The average Bonchev–Trinajstić information content (AvgIpc) is 2.79. The van der Waals surface area contributed by atoms with Gasteiger partial charge in [0, 0.05) is 17.5 Å². The van der Waals surface area contributed by atoms with Crippen LogP contribution in [0.2, 0.25) is 0 Å². The van der Waals surface area contributed by atoms with Gasteiger partial charge in [0.15, 0.2) is 0 Å². The van der Waals surface area contributed by atoms with Crippen molar-refractivity contribution in [3.63, 3.8) is 0 Å². The normalized spacial score (nSPS) is 32.7. The summed E-state index contributed by atoms with van der Waals surface area (Å²) >= 11 is 0. The van der Waals surface area contributed by atoms with Crippen LogP contribution in [-0.2, 0) is 5.60 Å². The maximum Gasteiger partial charge on any atom is 0.131 e. The summed E-state index contributed by atoms with van der Waals surface area (Å²) in [5, 5.41) is 16.1. The van der Waals surface area contributed by atoms with Gasteiger partial charge in [0.05, 0.1) is 5.60 Å². The molecule has 2 unspecified atom stereocenters. The van der Waals surface area contributed by atoms with Crippen LogP contribution in [-0.4, -0.2) is 17.2 Å². The lowest BCUT2D eigenvalue weighted by atomic mass is 9.79. The molecule has 3 heteroatoms. The third kappa shape index (κ3) is 1.77. The zero-order valence-corrected chi connectivity index (χ0v) is 11.3. The van der Waals surface area contributed by atoms with Crippen molar-refractivity contribution >= 4 is 10.8 Å². The van der Waals surface area contributed by atoms with Crippen LogP contribution in [0, 0.1) is 5.82 Å². The molecule has 2 aromatic carbocycles. The van der Waals surface area contributed by atoms with E-state index in [9.17, 15) is 9.50 Å². The van der Waals surface area contributed by atoms with Crippen LogP contribution in [0.15, 0.2) is 36.4 Å². The van der Waals surface area contributed by atoms with E-state index >= 15 is 0 Å². The van der Waals surface area contributed by atoms with Gasteiger partial charge in [0.2, 0.25) is 0 Å². The molecule has 2 heterocycles. The molecule has 2 aliphatic heterocycles. The highest BCUT2D eigenvalue weighted by atomic mass is 19.1. The van der Waals surface area contributed by atoms with Gasteiger partial charge >= 0.3 is 0 Å². The molecule has 2 atom stereocenters. The minimum Gasteiger partial charge on any atom is -0.385 e. The van der Waals surface area contributed by atoms with Crippen molar-refractivity contribution in [1.29, 1.82) is 0 Å². The fraction of sp³-hybridized carbons (Fsp3) is 0.412. The molecule has 104 valence electrons. The van der Waals surface area contributed by atoms with Crippen molar-refractivity contribution in [3.05, 3.63) is 47.8 Å². The van der Waals surface area contributed by atoms with Crippen LogP contribution in [0.1, 0.15) is 31.2 Å². The van der Waals surface area contributed by atoms with E-state index in [4.69, 9.17) is 0 Å². The molecule has 0 amide bonds. The third-order valence-corrected chi connectivity index (χ3v) is 4.88. The van der Waals surface area contributed by atoms with E-state index in [2.05, 4.69) is 5.32 Å². The predicted molar refractivity (Wildman–Crippen MR) is 77.0 cm³/mol. The van der Waals surface area contributed by atoms with E-state index < -0.39 is 5.60 Å². The van der Waals surface area contributed by atoms with E-state index in [1.54, 1.807) is 12.1 Å². The highest BCUT2D eigenvalue weighted by Gasteiger charge is 2.44. The van der Waals surface area contributed by atoms with Gasteiger partial charge in [-0.3, -0.25) is 0 Å². The topological polar surface area (TPSA) is 32.3 Å². The molecule has 2 saturated heterocycles.